The second-order valence-corrected chi connectivity index (χ2v) is 10.00. The minimum absolute atomic E-state index is 0.199. The van der Waals surface area contributed by atoms with Gasteiger partial charge in [0.1, 0.15) is 11.6 Å². The third kappa shape index (κ3) is 5.18. The minimum Gasteiger partial charge on any atom is -0.497 e. The van der Waals surface area contributed by atoms with E-state index in [1.54, 1.807) is 11.6 Å². The van der Waals surface area contributed by atoms with Gasteiger partial charge in [0.05, 0.1) is 7.11 Å². The summed E-state index contributed by atoms with van der Waals surface area (Å²) in [5, 5.41) is 13.5. The average Bonchev–Trinajstić information content (AvgIpc) is 3.29. The van der Waals surface area contributed by atoms with Gasteiger partial charge in [0.15, 0.2) is 11.5 Å². The van der Waals surface area contributed by atoms with Gasteiger partial charge in [-0.3, -0.25) is 4.79 Å². The van der Waals surface area contributed by atoms with Gasteiger partial charge >= 0.3 is 0 Å². The number of hydrogen-bond acceptors (Lipinski definition) is 7. The Hall–Kier alpha value is -3.36. The van der Waals surface area contributed by atoms with Crippen LogP contribution in [0.1, 0.15) is 32.5 Å². The van der Waals surface area contributed by atoms with Gasteiger partial charge in [-0.05, 0) is 42.5 Å². The number of benzene rings is 1. The van der Waals surface area contributed by atoms with Crippen LogP contribution in [0.25, 0.3) is 5.65 Å². The van der Waals surface area contributed by atoms with Crippen LogP contribution >= 0.6 is 0 Å². The van der Waals surface area contributed by atoms with E-state index in [0.717, 1.165) is 56.7 Å². The van der Waals surface area contributed by atoms with Crippen molar-refractivity contribution in [2.75, 3.05) is 56.2 Å². The standard InChI is InChI=1S/C26H35N7O2/c1-19-15-20(2)18-32(17-19)26(34)10-9-24-28-27-23-7-8-25(29-33(23)24)31-13-11-30(12-14-31)21-5-4-6-22(16-21)35-3/h4-8,16,19-20H,9-15,17-18H2,1-3H3/t19-,20+. The van der Waals surface area contributed by atoms with Crippen LogP contribution in [0.15, 0.2) is 36.4 Å². The second kappa shape index (κ2) is 10.1. The third-order valence-electron chi connectivity index (χ3n) is 7.12. The van der Waals surface area contributed by atoms with Crippen LogP contribution in [0.4, 0.5) is 11.5 Å². The summed E-state index contributed by atoms with van der Waals surface area (Å²) in [6.07, 6.45) is 2.17. The molecule has 4 heterocycles. The van der Waals surface area contributed by atoms with Crippen molar-refractivity contribution in [1.29, 1.82) is 0 Å². The van der Waals surface area contributed by atoms with Crippen LogP contribution in [-0.4, -0.2) is 77.0 Å². The predicted octanol–water partition coefficient (Wildman–Crippen LogP) is 2.90. The highest BCUT2D eigenvalue weighted by Gasteiger charge is 2.26. The van der Waals surface area contributed by atoms with Crippen molar-refractivity contribution in [3.63, 3.8) is 0 Å². The molecule has 2 saturated heterocycles. The molecule has 0 unspecified atom stereocenters. The van der Waals surface area contributed by atoms with Crippen LogP contribution < -0.4 is 14.5 Å². The van der Waals surface area contributed by atoms with E-state index < -0.39 is 0 Å². The summed E-state index contributed by atoms with van der Waals surface area (Å²) in [6.45, 7) is 9.72. The van der Waals surface area contributed by atoms with Gasteiger partial charge in [-0.15, -0.1) is 15.3 Å². The van der Waals surface area contributed by atoms with Crippen molar-refractivity contribution in [3.8, 4) is 5.75 Å². The topological polar surface area (TPSA) is 79.1 Å². The second-order valence-electron chi connectivity index (χ2n) is 10.00. The lowest BCUT2D eigenvalue weighted by Gasteiger charge is -2.36. The molecule has 2 aliphatic heterocycles. The summed E-state index contributed by atoms with van der Waals surface area (Å²) in [6, 6.07) is 12.2. The molecular formula is C26H35N7O2. The smallest absolute Gasteiger partial charge is 0.223 e. The molecule has 0 N–H and O–H groups in total. The van der Waals surface area contributed by atoms with E-state index in [-0.39, 0.29) is 5.91 Å². The number of piperazine rings is 1. The molecule has 2 fully saturated rings. The Bertz CT molecular complexity index is 1160. The molecule has 2 aliphatic rings. The molecule has 0 aliphatic carbocycles. The molecule has 35 heavy (non-hydrogen) atoms. The molecule has 5 rings (SSSR count). The van der Waals surface area contributed by atoms with Crippen molar-refractivity contribution in [3.05, 3.63) is 42.2 Å². The third-order valence-corrected chi connectivity index (χ3v) is 7.12. The molecule has 3 aromatic rings. The van der Waals surface area contributed by atoms with Crippen LogP contribution in [0.3, 0.4) is 0 Å². The van der Waals surface area contributed by atoms with Gasteiger partial charge < -0.3 is 19.4 Å². The Morgan fingerprint density at radius 1 is 1.00 bits per heavy atom. The first-order valence-electron chi connectivity index (χ1n) is 12.6. The van der Waals surface area contributed by atoms with E-state index in [0.29, 0.717) is 30.3 Å². The number of methoxy groups -OCH3 is 1. The van der Waals surface area contributed by atoms with Crippen molar-refractivity contribution in [2.24, 2.45) is 11.8 Å². The maximum absolute atomic E-state index is 12.9. The van der Waals surface area contributed by atoms with Crippen LogP contribution in [0.5, 0.6) is 5.75 Å². The molecule has 9 nitrogen and oxygen atoms in total. The Morgan fingerprint density at radius 2 is 1.74 bits per heavy atom. The van der Waals surface area contributed by atoms with E-state index >= 15 is 0 Å². The summed E-state index contributed by atoms with van der Waals surface area (Å²) in [4.78, 5) is 19.5. The zero-order chi connectivity index (χ0) is 24.4. The molecule has 1 aromatic carbocycles. The number of piperidine rings is 1. The first kappa shape index (κ1) is 23.4. The zero-order valence-corrected chi connectivity index (χ0v) is 20.9. The van der Waals surface area contributed by atoms with Crippen LogP contribution in [0, 0.1) is 11.8 Å². The van der Waals surface area contributed by atoms with E-state index in [4.69, 9.17) is 9.84 Å². The van der Waals surface area contributed by atoms with Crippen molar-refractivity contribution in [2.45, 2.75) is 33.1 Å². The first-order valence-corrected chi connectivity index (χ1v) is 12.6. The molecule has 0 bridgehead atoms. The van der Waals surface area contributed by atoms with E-state index in [2.05, 4.69) is 46.0 Å². The highest BCUT2D eigenvalue weighted by Crippen LogP contribution is 2.24. The lowest BCUT2D eigenvalue weighted by Crippen LogP contribution is -2.47. The Balaban J connectivity index is 1.23. The molecule has 186 valence electrons. The van der Waals surface area contributed by atoms with E-state index in [1.165, 1.54) is 12.1 Å². The summed E-state index contributed by atoms with van der Waals surface area (Å²) < 4.78 is 7.18. The van der Waals surface area contributed by atoms with Crippen molar-refractivity contribution < 1.29 is 9.53 Å². The summed E-state index contributed by atoms with van der Waals surface area (Å²) >= 11 is 0. The maximum Gasteiger partial charge on any atom is 0.223 e. The first-order chi connectivity index (χ1) is 17.0. The van der Waals surface area contributed by atoms with Gasteiger partial charge in [0.25, 0.3) is 0 Å². The molecule has 1 amide bonds. The lowest BCUT2D eigenvalue weighted by molar-refractivity contribution is -0.133. The number of rotatable bonds is 6. The van der Waals surface area contributed by atoms with Gasteiger partial charge in [-0.25, -0.2) is 0 Å². The molecule has 9 heteroatoms. The molecule has 2 aromatic heterocycles. The number of carbonyl (C=O) groups is 1. The highest BCUT2D eigenvalue weighted by atomic mass is 16.5. The molecular weight excluding hydrogens is 442 g/mol. The normalized spacial score (nSPS) is 20.9. The minimum atomic E-state index is 0.199. The van der Waals surface area contributed by atoms with E-state index in [1.807, 2.05) is 29.2 Å². The molecule has 0 radical (unpaired) electrons. The number of amides is 1. The van der Waals surface area contributed by atoms with Crippen molar-refractivity contribution in [1.82, 2.24) is 24.7 Å². The monoisotopic (exact) mass is 477 g/mol. The summed E-state index contributed by atoms with van der Waals surface area (Å²) in [5.74, 6) is 3.84. The number of nitrogens with zero attached hydrogens (tertiary/aromatic N) is 7. The number of aryl methyl sites for hydroxylation is 1. The van der Waals surface area contributed by atoms with Gasteiger partial charge in [0, 0.05) is 63.9 Å². The van der Waals surface area contributed by atoms with Crippen molar-refractivity contribution >= 4 is 23.1 Å². The Morgan fingerprint density at radius 3 is 2.49 bits per heavy atom. The number of ether oxygens (including phenoxy) is 1. The van der Waals surface area contributed by atoms with Crippen LogP contribution in [-0.2, 0) is 11.2 Å². The average molecular weight is 478 g/mol. The lowest BCUT2D eigenvalue weighted by atomic mass is 9.91. The number of carbonyl (C=O) groups excluding carboxylic acids is 1. The summed E-state index contributed by atoms with van der Waals surface area (Å²) in [5.41, 5.74) is 1.89. The number of aromatic nitrogens is 4. The number of anilines is 2. The van der Waals surface area contributed by atoms with Gasteiger partial charge in [-0.2, -0.15) is 4.52 Å². The quantitative estimate of drug-likeness (QED) is 0.540. The Labute approximate surface area is 206 Å². The van der Waals surface area contributed by atoms with E-state index in [9.17, 15) is 4.79 Å². The fourth-order valence-corrected chi connectivity index (χ4v) is 5.39. The maximum atomic E-state index is 12.9. The van der Waals surface area contributed by atoms with Crippen LogP contribution in [0.2, 0.25) is 0 Å². The SMILES string of the molecule is COc1cccc(N2CCN(c3ccc4nnc(CCC(=O)N5C[C@H](C)C[C@H](C)C5)n4n3)CC2)c1. The molecule has 0 saturated carbocycles. The largest absolute Gasteiger partial charge is 0.497 e. The highest BCUT2D eigenvalue weighted by molar-refractivity contribution is 5.76. The zero-order valence-electron chi connectivity index (χ0n) is 20.9. The number of hydrogen-bond donors (Lipinski definition) is 0. The van der Waals surface area contributed by atoms with Gasteiger partial charge in [0.2, 0.25) is 5.91 Å². The van der Waals surface area contributed by atoms with Gasteiger partial charge in [-0.1, -0.05) is 19.9 Å². The summed E-state index contributed by atoms with van der Waals surface area (Å²) in [7, 11) is 1.70. The fraction of sp³-hybridized carbons (Fsp3) is 0.538. The predicted molar refractivity (Wildman–Crippen MR) is 136 cm³/mol. The Kier molecular flexibility index (Phi) is 6.74. The number of fused-ring (bicyclic) bond motifs is 1. The fourth-order valence-electron chi connectivity index (χ4n) is 5.39. The molecule has 2 atom stereocenters. The number of likely N-dealkylation sites (tertiary alicyclic amines) is 1. The molecule has 0 spiro atoms.